The van der Waals surface area contributed by atoms with Crippen molar-refractivity contribution in [3.8, 4) is 11.3 Å². The first-order valence-corrected chi connectivity index (χ1v) is 11.9. The number of aromatic nitrogens is 2. The highest BCUT2D eigenvalue weighted by atomic mass is 16.5. The fraction of sp³-hybridized carbons (Fsp3) is 0.481. The summed E-state index contributed by atoms with van der Waals surface area (Å²) < 4.78 is 5.70. The molecular formula is C27H39N5O. The van der Waals surface area contributed by atoms with E-state index in [1.165, 1.54) is 0 Å². The van der Waals surface area contributed by atoms with Crippen molar-refractivity contribution in [2.75, 3.05) is 38.8 Å². The van der Waals surface area contributed by atoms with Crippen LogP contribution in [0.15, 0.2) is 52.6 Å². The first-order valence-electron chi connectivity index (χ1n) is 11.9. The Hall–Kier alpha value is -2.86. The third-order valence-electron chi connectivity index (χ3n) is 5.48. The van der Waals surface area contributed by atoms with Crippen LogP contribution in [0.5, 0.6) is 0 Å². The van der Waals surface area contributed by atoms with E-state index in [1.54, 1.807) is 0 Å². The Kier molecular flexibility index (Phi) is 10.9. The van der Waals surface area contributed by atoms with Gasteiger partial charge in [-0.05, 0) is 63.5 Å². The number of hydrogen-bond donors (Lipinski definition) is 0. The van der Waals surface area contributed by atoms with Gasteiger partial charge in [-0.3, -0.25) is 15.0 Å². The Morgan fingerprint density at radius 2 is 2.03 bits per heavy atom. The van der Waals surface area contributed by atoms with E-state index in [2.05, 4.69) is 48.6 Å². The summed E-state index contributed by atoms with van der Waals surface area (Å²) in [6.07, 6.45) is 7.82. The van der Waals surface area contributed by atoms with Crippen LogP contribution in [0.2, 0.25) is 0 Å². The van der Waals surface area contributed by atoms with Crippen LogP contribution in [-0.4, -0.2) is 61.3 Å². The first-order chi connectivity index (χ1) is 16.0. The largest absolute Gasteiger partial charge is 0.380 e. The molecule has 0 spiro atoms. The summed E-state index contributed by atoms with van der Waals surface area (Å²) in [5.41, 5.74) is 5.47. The number of allylic oxidation sites excluding steroid dienone is 2. The Labute approximate surface area is 199 Å². The van der Waals surface area contributed by atoms with E-state index in [0.717, 1.165) is 65.7 Å². The molecule has 0 aromatic carbocycles. The van der Waals surface area contributed by atoms with Crippen molar-refractivity contribution >= 4 is 17.2 Å². The van der Waals surface area contributed by atoms with Gasteiger partial charge in [0.1, 0.15) is 11.5 Å². The molecule has 2 aromatic rings. The van der Waals surface area contributed by atoms with Crippen LogP contribution in [0.3, 0.4) is 0 Å². The average Bonchev–Trinajstić information content (AvgIpc) is 2.83. The smallest absolute Gasteiger partial charge is 0.129 e. The number of nitrogens with zero attached hydrogens (tertiary/aromatic N) is 5. The van der Waals surface area contributed by atoms with E-state index in [1.807, 2.05) is 57.6 Å². The predicted molar refractivity (Wildman–Crippen MR) is 141 cm³/mol. The second-order valence-corrected chi connectivity index (χ2v) is 8.09. The molecule has 2 aromatic heterocycles. The first kappa shape index (κ1) is 26.4. The highest BCUT2D eigenvalue weighted by Crippen LogP contribution is 2.28. The molecule has 0 radical (unpaired) electrons. The van der Waals surface area contributed by atoms with Gasteiger partial charge in [-0.25, -0.2) is 4.98 Å². The van der Waals surface area contributed by atoms with E-state index in [-0.39, 0.29) is 6.04 Å². The fourth-order valence-corrected chi connectivity index (χ4v) is 3.38. The molecule has 0 aliphatic heterocycles. The van der Waals surface area contributed by atoms with Crippen molar-refractivity contribution in [1.82, 2.24) is 9.97 Å². The Morgan fingerprint density at radius 1 is 1.24 bits per heavy atom. The standard InChI is InChI=1S/C27H39N5O/c1-8-13-24(30-20(4)10-3)27(28-6)26-21(5)22(23-14-11-12-15-29-23)19-25(31-26)32(7)16-18-33-17-9-2/h8,11-15,19-20H,9-10,16-18H2,1-7H3/b13-8-,28-27-,30-24+. The molecule has 1 unspecified atom stereocenters. The summed E-state index contributed by atoms with van der Waals surface area (Å²) in [5.74, 6) is 0.862. The molecule has 0 N–H and O–H groups in total. The van der Waals surface area contributed by atoms with Crippen LogP contribution >= 0.6 is 0 Å². The van der Waals surface area contributed by atoms with Crippen LogP contribution < -0.4 is 4.90 Å². The number of ether oxygens (including phenoxy) is 1. The quantitative estimate of drug-likeness (QED) is 0.315. The number of likely N-dealkylation sites (N-methyl/N-ethyl adjacent to an activating group) is 1. The van der Waals surface area contributed by atoms with Gasteiger partial charge in [0.05, 0.1) is 23.7 Å². The third kappa shape index (κ3) is 7.32. The lowest BCUT2D eigenvalue weighted by Gasteiger charge is -2.22. The normalized spacial score (nSPS) is 13.5. The molecule has 178 valence electrons. The van der Waals surface area contributed by atoms with Crippen molar-refractivity contribution in [2.45, 2.75) is 53.5 Å². The van der Waals surface area contributed by atoms with Crippen molar-refractivity contribution in [2.24, 2.45) is 9.98 Å². The van der Waals surface area contributed by atoms with Crippen molar-refractivity contribution in [1.29, 1.82) is 0 Å². The fourth-order valence-electron chi connectivity index (χ4n) is 3.38. The lowest BCUT2D eigenvalue weighted by Crippen LogP contribution is -2.26. The summed E-state index contributed by atoms with van der Waals surface area (Å²) in [6.45, 7) is 12.6. The zero-order valence-corrected chi connectivity index (χ0v) is 21.3. The minimum absolute atomic E-state index is 0.199. The molecule has 0 saturated carbocycles. The molecule has 1 atom stereocenters. The van der Waals surface area contributed by atoms with E-state index in [4.69, 9.17) is 14.7 Å². The van der Waals surface area contributed by atoms with Gasteiger partial charge in [0, 0.05) is 45.0 Å². The van der Waals surface area contributed by atoms with Crippen LogP contribution in [0.1, 0.15) is 51.8 Å². The highest BCUT2D eigenvalue weighted by Gasteiger charge is 2.20. The summed E-state index contributed by atoms with van der Waals surface area (Å²) >= 11 is 0. The topological polar surface area (TPSA) is 63.0 Å². The number of hydrogen-bond acceptors (Lipinski definition) is 6. The molecule has 0 fully saturated rings. The maximum Gasteiger partial charge on any atom is 0.129 e. The average molecular weight is 450 g/mol. The number of pyridine rings is 2. The zero-order chi connectivity index (χ0) is 24.2. The predicted octanol–water partition coefficient (Wildman–Crippen LogP) is 5.55. The third-order valence-corrected chi connectivity index (χ3v) is 5.48. The number of rotatable bonds is 12. The van der Waals surface area contributed by atoms with Gasteiger partial charge in [0.2, 0.25) is 0 Å². The molecular weight excluding hydrogens is 410 g/mol. The van der Waals surface area contributed by atoms with E-state index in [9.17, 15) is 0 Å². The van der Waals surface area contributed by atoms with Gasteiger partial charge in [-0.15, -0.1) is 0 Å². The maximum atomic E-state index is 5.70. The monoisotopic (exact) mass is 449 g/mol. The SMILES string of the molecule is C\C=C/C(=N\C(C)CC)C(=N/C)/c1nc(N(C)CCOCCC)cc(-c2ccccn2)c1C. The zero-order valence-electron chi connectivity index (χ0n) is 21.3. The molecule has 0 amide bonds. The Morgan fingerprint density at radius 3 is 2.64 bits per heavy atom. The molecule has 0 saturated heterocycles. The van der Waals surface area contributed by atoms with Gasteiger partial charge >= 0.3 is 0 Å². The van der Waals surface area contributed by atoms with E-state index in [0.29, 0.717) is 6.61 Å². The molecule has 0 aliphatic rings. The van der Waals surface area contributed by atoms with Crippen LogP contribution in [0.4, 0.5) is 5.82 Å². The molecule has 0 aliphatic carbocycles. The maximum absolute atomic E-state index is 5.70. The lowest BCUT2D eigenvalue weighted by molar-refractivity contribution is 0.141. The lowest BCUT2D eigenvalue weighted by atomic mass is 9.98. The minimum Gasteiger partial charge on any atom is -0.380 e. The van der Waals surface area contributed by atoms with Gasteiger partial charge in [-0.1, -0.05) is 26.0 Å². The summed E-state index contributed by atoms with van der Waals surface area (Å²) in [7, 11) is 3.85. The van der Waals surface area contributed by atoms with Crippen molar-refractivity contribution in [3.63, 3.8) is 0 Å². The van der Waals surface area contributed by atoms with Gasteiger partial charge in [0.15, 0.2) is 0 Å². The minimum atomic E-state index is 0.199. The van der Waals surface area contributed by atoms with Crippen molar-refractivity contribution < 1.29 is 4.74 Å². The van der Waals surface area contributed by atoms with Crippen LogP contribution in [-0.2, 0) is 4.74 Å². The van der Waals surface area contributed by atoms with E-state index < -0.39 is 0 Å². The van der Waals surface area contributed by atoms with Gasteiger partial charge in [-0.2, -0.15) is 0 Å². The molecule has 6 heteroatoms. The summed E-state index contributed by atoms with van der Waals surface area (Å²) in [5, 5.41) is 0. The highest BCUT2D eigenvalue weighted by molar-refractivity contribution is 6.52. The van der Waals surface area contributed by atoms with Crippen molar-refractivity contribution in [3.05, 3.63) is 53.9 Å². The summed E-state index contributed by atoms with van der Waals surface area (Å²) in [4.78, 5) is 21.4. The number of aliphatic imine (C=N–C) groups is 2. The Bertz CT molecular complexity index is 966. The van der Waals surface area contributed by atoms with Gasteiger partial charge in [0.25, 0.3) is 0 Å². The number of anilines is 1. The van der Waals surface area contributed by atoms with Crippen LogP contribution in [0, 0.1) is 6.92 Å². The van der Waals surface area contributed by atoms with Gasteiger partial charge < -0.3 is 9.64 Å². The summed E-state index contributed by atoms with van der Waals surface area (Å²) in [6, 6.07) is 8.28. The second-order valence-electron chi connectivity index (χ2n) is 8.09. The second kappa shape index (κ2) is 13.6. The van der Waals surface area contributed by atoms with Crippen LogP contribution in [0.25, 0.3) is 11.3 Å². The molecule has 2 rings (SSSR count). The van der Waals surface area contributed by atoms with E-state index >= 15 is 0 Å². The Balaban J connectivity index is 2.63. The molecule has 6 nitrogen and oxygen atoms in total. The molecule has 0 bridgehead atoms. The molecule has 2 heterocycles. The molecule has 33 heavy (non-hydrogen) atoms.